The number of nitrogens with one attached hydrogen (secondary N) is 1. The van der Waals surface area contributed by atoms with Crippen LogP contribution in [0.2, 0.25) is 0 Å². The lowest BCUT2D eigenvalue weighted by atomic mass is 10.1. The number of fused-ring (bicyclic) bond motifs is 2. The highest BCUT2D eigenvalue weighted by Crippen LogP contribution is 2.23. The van der Waals surface area contributed by atoms with E-state index in [0.29, 0.717) is 22.5 Å². The summed E-state index contributed by atoms with van der Waals surface area (Å²) in [5.74, 6) is -0.778. The van der Waals surface area contributed by atoms with E-state index >= 15 is 0 Å². The number of aromatic nitrogens is 3. The molecule has 2 aromatic heterocycles. The van der Waals surface area contributed by atoms with Crippen LogP contribution in [0.4, 0.5) is 4.39 Å². The van der Waals surface area contributed by atoms with Gasteiger partial charge in [-0.3, -0.25) is 9.89 Å². The molecular weight excluding hydrogens is 419 g/mol. The van der Waals surface area contributed by atoms with Crippen molar-refractivity contribution in [1.29, 1.82) is 0 Å². The number of hydrogen-bond acceptors (Lipinski definition) is 4. The highest BCUT2D eigenvalue weighted by atomic mass is 32.2. The van der Waals surface area contributed by atoms with Gasteiger partial charge in [0.1, 0.15) is 5.82 Å². The number of sulfonamides is 1. The molecule has 0 radical (unpaired) electrons. The molecule has 1 aliphatic heterocycles. The molecule has 1 aliphatic rings. The summed E-state index contributed by atoms with van der Waals surface area (Å²) >= 11 is 0. The maximum Gasteiger partial charge on any atom is 0.276 e. The van der Waals surface area contributed by atoms with Crippen molar-refractivity contribution in [3.8, 4) is 11.3 Å². The van der Waals surface area contributed by atoms with E-state index in [2.05, 4.69) is 10.1 Å². The van der Waals surface area contributed by atoms with E-state index in [1.807, 2.05) is 30.3 Å². The minimum Gasteiger partial charge on any atom is -0.289 e. The first kappa shape index (κ1) is 19.7. The van der Waals surface area contributed by atoms with Crippen molar-refractivity contribution in [2.24, 2.45) is 0 Å². The van der Waals surface area contributed by atoms with Crippen molar-refractivity contribution in [2.45, 2.75) is 18.7 Å². The fourth-order valence-corrected chi connectivity index (χ4v) is 5.37. The molecule has 3 heterocycles. The van der Waals surface area contributed by atoms with Gasteiger partial charge < -0.3 is 0 Å². The largest absolute Gasteiger partial charge is 0.289 e. The summed E-state index contributed by atoms with van der Waals surface area (Å²) in [4.78, 5) is 17.6. The van der Waals surface area contributed by atoms with Crippen LogP contribution in [0.1, 0.15) is 16.8 Å². The summed E-state index contributed by atoms with van der Waals surface area (Å²) < 4.78 is 42.0. The number of halogens is 1. The Kier molecular flexibility index (Phi) is 4.71. The van der Waals surface area contributed by atoms with Gasteiger partial charge in [-0.05, 0) is 29.7 Å². The Balaban J connectivity index is 1.48. The van der Waals surface area contributed by atoms with Crippen LogP contribution < -0.4 is 5.56 Å². The molecule has 0 amide bonds. The fraction of sp³-hybridized carbons (Fsp3) is 0.182. The lowest BCUT2D eigenvalue weighted by Gasteiger charge is -2.27. The molecule has 0 spiro atoms. The third kappa shape index (κ3) is 3.66. The van der Waals surface area contributed by atoms with Crippen molar-refractivity contribution >= 4 is 15.7 Å². The van der Waals surface area contributed by atoms with Crippen LogP contribution in [-0.4, -0.2) is 33.9 Å². The molecule has 31 heavy (non-hydrogen) atoms. The topological polar surface area (TPSA) is 87.5 Å². The number of hydrogen-bond donors (Lipinski definition) is 1. The normalized spacial score (nSPS) is 14.6. The second-order valence-electron chi connectivity index (χ2n) is 7.54. The quantitative estimate of drug-likeness (QED) is 0.531. The van der Waals surface area contributed by atoms with Gasteiger partial charge in [-0.2, -0.15) is 4.31 Å². The zero-order valence-corrected chi connectivity index (χ0v) is 17.3. The summed E-state index contributed by atoms with van der Waals surface area (Å²) in [7, 11) is -3.69. The summed E-state index contributed by atoms with van der Waals surface area (Å²) in [6, 6.07) is 16.9. The van der Waals surface area contributed by atoms with Crippen LogP contribution >= 0.6 is 0 Å². The lowest BCUT2D eigenvalue weighted by molar-refractivity contribution is 0.383. The van der Waals surface area contributed by atoms with Gasteiger partial charge >= 0.3 is 0 Å². The third-order valence-corrected chi connectivity index (χ3v) is 7.24. The van der Waals surface area contributed by atoms with E-state index in [-0.39, 0.29) is 30.8 Å². The first-order valence-corrected chi connectivity index (χ1v) is 11.4. The Hall–Kier alpha value is -3.30. The minimum atomic E-state index is -3.69. The van der Waals surface area contributed by atoms with Gasteiger partial charge in [-0.15, -0.1) is 0 Å². The zero-order chi connectivity index (χ0) is 21.6. The van der Waals surface area contributed by atoms with Crippen molar-refractivity contribution in [3.05, 3.63) is 93.7 Å². The van der Waals surface area contributed by atoms with Crippen LogP contribution in [0.15, 0.2) is 65.5 Å². The van der Waals surface area contributed by atoms with Crippen LogP contribution in [0.25, 0.3) is 16.9 Å². The molecule has 0 fully saturated rings. The van der Waals surface area contributed by atoms with Gasteiger partial charge in [0.2, 0.25) is 10.0 Å². The van der Waals surface area contributed by atoms with E-state index in [0.717, 1.165) is 11.3 Å². The molecule has 9 heteroatoms. The van der Waals surface area contributed by atoms with Crippen LogP contribution in [0, 0.1) is 5.82 Å². The van der Waals surface area contributed by atoms with Crippen molar-refractivity contribution in [1.82, 2.24) is 18.9 Å². The standard InChI is InChI=1S/C22H19FN4O3S/c23-17-8-4-5-15(11-17)14-31(29,30)26-10-9-18-20(13-26)24-21-12-19(25-27(21)22(18)28)16-6-2-1-3-7-16/h1-8,11-12,25H,9-10,13-14H2. The first-order chi connectivity index (χ1) is 14.9. The summed E-state index contributed by atoms with van der Waals surface area (Å²) in [5, 5.41) is 3.08. The molecule has 0 atom stereocenters. The van der Waals surface area contributed by atoms with E-state index in [4.69, 9.17) is 0 Å². The Morgan fingerprint density at radius 1 is 1.06 bits per heavy atom. The molecule has 7 nitrogen and oxygen atoms in total. The van der Waals surface area contributed by atoms with Gasteiger partial charge in [-0.1, -0.05) is 42.5 Å². The number of benzene rings is 2. The molecular formula is C22H19FN4O3S. The van der Waals surface area contributed by atoms with E-state index < -0.39 is 15.8 Å². The predicted octanol–water partition coefficient (Wildman–Crippen LogP) is 2.72. The molecule has 1 N–H and O–H groups in total. The molecule has 0 saturated heterocycles. The van der Waals surface area contributed by atoms with Crippen LogP contribution in [0.3, 0.4) is 0 Å². The Bertz CT molecular complexity index is 1440. The molecule has 158 valence electrons. The van der Waals surface area contributed by atoms with Crippen LogP contribution in [0.5, 0.6) is 0 Å². The zero-order valence-electron chi connectivity index (χ0n) is 16.5. The van der Waals surface area contributed by atoms with E-state index in [1.54, 1.807) is 12.1 Å². The minimum absolute atomic E-state index is 0.0184. The number of H-pyrrole nitrogens is 1. The summed E-state index contributed by atoms with van der Waals surface area (Å²) in [6.07, 6.45) is 0.270. The molecule has 0 aliphatic carbocycles. The molecule has 0 unspecified atom stereocenters. The van der Waals surface area contributed by atoms with Crippen LogP contribution in [-0.2, 0) is 28.7 Å². The summed E-state index contributed by atoms with van der Waals surface area (Å²) in [5.41, 5.74) is 3.24. The maximum absolute atomic E-state index is 13.4. The van der Waals surface area contributed by atoms with E-state index in [9.17, 15) is 17.6 Å². The number of rotatable bonds is 4. The second kappa shape index (κ2) is 7.44. The Morgan fingerprint density at radius 2 is 1.87 bits per heavy atom. The van der Waals surface area contributed by atoms with Gasteiger partial charge in [0.05, 0.1) is 23.7 Å². The highest BCUT2D eigenvalue weighted by molar-refractivity contribution is 7.88. The average Bonchev–Trinajstić information content (AvgIpc) is 3.18. The fourth-order valence-electron chi connectivity index (χ4n) is 3.90. The lowest BCUT2D eigenvalue weighted by Crippen LogP contribution is -2.40. The molecule has 0 bridgehead atoms. The first-order valence-electron chi connectivity index (χ1n) is 9.82. The Morgan fingerprint density at radius 3 is 2.65 bits per heavy atom. The smallest absolute Gasteiger partial charge is 0.276 e. The van der Waals surface area contributed by atoms with Gasteiger partial charge in [0.25, 0.3) is 5.56 Å². The highest BCUT2D eigenvalue weighted by Gasteiger charge is 2.30. The number of aromatic amines is 1. The average molecular weight is 438 g/mol. The van der Waals surface area contributed by atoms with E-state index in [1.165, 1.54) is 27.0 Å². The Labute approximate surface area is 177 Å². The monoisotopic (exact) mass is 438 g/mol. The SMILES string of the molecule is O=c1c2c(nc3cc(-c4ccccc4)[nH]n13)CN(S(=O)(=O)Cc1cccc(F)c1)CC2. The molecule has 2 aromatic carbocycles. The maximum atomic E-state index is 13.4. The van der Waals surface area contributed by atoms with Gasteiger partial charge in [0, 0.05) is 18.2 Å². The van der Waals surface area contributed by atoms with Gasteiger partial charge in [-0.25, -0.2) is 22.3 Å². The van der Waals surface area contributed by atoms with Gasteiger partial charge in [0.15, 0.2) is 5.65 Å². The summed E-state index contributed by atoms with van der Waals surface area (Å²) in [6.45, 7) is 0.199. The molecule has 5 rings (SSSR count). The van der Waals surface area contributed by atoms with Crippen molar-refractivity contribution in [3.63, 3.8) is 0 Å². The van der Waals surface area contributed by atoms with Crippen molar-refractivity contribution < 1.29 is 12.8 Å². The number of nitrogens with zero attached hydrogens (tertiary/aromatic N) is 3. The molecule has 0 saturated carbocycles. The third-order valence-electron chi connectivity index (χ3n) is 5.45. The predicted molar refractivity (Wildman–Crippen MR) is 114 cm³/mol. The van der Waals surface area contributed by atoms with Crippen molar-refractivity contribution in [2.75, 3.05) is 6.54 Å². The molecule has 4 aromatic rings. The second-order valence-corrected chi connectivity index (χ2v) is 9.51.